The molecule has 0 aliphatic heterocycles. The van der Waals surface area contributed by atoms with Gasteiger partial charge in [-0.3, -0.25) is 0 Å². The molecule has 0 saturated carbocycles. The minimum absolute atomic E-state index is 0.181. The van der Waals surface area contributed by atoms with Crippen LogP contribution in [0.15, 0.2) is 64.6 Å². The quantitative estimate of drug-likeness (QED) is 0.484. The maximum Gasteiger partial charge on any atom is 0.276 e. The molecule has 0 bridgehead atoms. The Morgan fingerprint density at radius 2 is 1.77 bits per heavy atom. The van der Waals surface area contributed by atoms with Gasteiger partial charge in [0.15, 0.2) is 0 Å². The number of benzene rings is 2. The molecular weight excluding hydrogens is 300 g/mol. The van der Waals surface area contributed by atoms with Gasteiger partial charge in [0.25, 0.3) is 10.0 Å². The lowest BCUT2D eigenvalue weighted by atomic mass is 10.2. The smallest absolute Gasteiger partial charge is 0.276 e. The van der Waals surface area contributed by atoms with Crippen LogP contribution in [0.5, 0.6) is 0 Å². The molecule has 0 amide bonds. The van der Waals surface area contributed by atoms with Crippen LogP contribution < -0.4 is 4.83 Å². The second-order valence-corrected chi connectivity index (χ2v) is 6.38. The van der Waals surface area contributed by atoms with Gasteiger partial charge in [0.2, 0.25) is 0 Å². The zero-order valence-corrected chi connectivity index (χ0v) is 13.1. The van der Waals surface area contributed by atoms with Crippen LogP contribution in [0.1, 0.15) is 11.1 Å². The molecule has 116 valence electrons. The van der Waals surface area contributed by atoms with E-state index in [9.17, 15) is 8.42 Å². The van der Waals surface area contributed by atoms with Gasteiger partial charge in [-0.05, 0) is 24.6 Å². The summed E-state index contributed by atoms with van der Waals surface area (Å²) in [6.45, 7) is 2.58. The van der Waals surface area contributed by atoms with Crippen molar-refractivity contribution in [3.63, 3.8) is 0 Å². The summed E-state index contributed by atoms with van der Waals surface area (Å²) < 4.78 is 29.2. The van der Waals surface area contributed by atoms with Gasteiger partial charge < -0.3 is 4.74 Å². The second kappa shape index (κ2) is 7.72. The van der Waals surface area contributed by atoms with Crippen LogP contribution >= 0.6 is 0 Å². The number of hydrogen-bond acceptors (Lipinski definition) is 4. The molecule has 0 unspecified atom stereocenters. The molecule has 0 radical (unpaired) electrons. The lowest BCUT2D eigenvalue weighted by Crippen LogP contribution is -2.18. The number of hydrogen-bond donors (Lipinski definition) is 1. The number of aryl methyl sites for hydroxylation is 1. The Kier molecular flexibility index (Phi) is 5.68. The predicted octanol–water partition coefficient (Wildman–Crippen LogP) is 2.48. The van der Waals surface area contributed by atoms with Gasteiger partial charge in [-0.25, -0.2) is 4.83 Å². The fourth-order valence-electron chi connectivity index (χ4n) is 1.72. The van der Waals surface area contributed by atoms with Gasteiger partial charge in [0.05, 0.1) is 24.3 Å². The van der Waals surface area contributed by atoms with Crippen molar-refractivity contribution in [2.24, 2.45) is 5.10 Å². The summed E-state index contributed by atoms with van der Waals surface area (Å²) in [5.74, 6) is 0. The van der Waals surface area contributed by atoms with Crippen molar-refractivity contribution < 1.29 is 13.2 Å². The average Bonchev–Trinajstić information content (AvgIpc) is 2.52. The molecule has 6 heteroatoms. The summed E-state index contributed by atoms with van der Waals surface area (Å²) in [5.41, 5.74) is 2.05. The lowest BCUT2D eigenvalue weighted by Gasteiger charge is -2.04. The first-order valence-electron chi connectivity index (χ1n) is 6.79. The van der Waals surface area contributed by atoms with Crippen molar-refractivity contribution in [1.29, 1.82) is 0 Å². The first-order chi connectivity index (χ1) is 10.6. The Labute approximate surface area is 130 Å². The van der Waals surface area contributed by atoms with Crippen molar-refractivity contribution in [2.75, 3.05) is 6.61 Å². The molecule has 2 aromatic carbocycles. The zero-order valence-electron chi connectivity index (χ0n) is 12.3. The van der Waals surface area contributed by atoms with Gasteiger partial charge in [0.1, 0.15) is 0 Å². The SMILES string of the molecule is Cc1ccc(S(=O)(=O)NN=CCOCc2ccccc2)cc1. The van der Waals surface area contributed by atoms with E-state index in [1.807, 2.05) is 37.3 Å². The summed E-state index contributed by atoms with van der Waals surface area (Å²) in [7, 11) is -3.62. The molecule has 5 nitrogen and oxygen atoms in total. The van der Waals surface area contributed by atoms with Crippen molar-refractivity contribution >= 4 is 16.2 Å². The van der Waals surface area contributed by atoms with Crippen LogP contribution in [0.4, 0.5) is 0 Å². The molecule has 0 aliphatic carbocycles. The van der Waals surface area contributed by atoms with Crippen LogP contribution in [-0.4, -0.2) is 21.2 Å². The van der Waals surface area contributed by atoms with E-state index in [4.69, 9.17) is 4.74 Å². The Morgan fingerprint density at radius 1 is 1.09 bits per heavy atom. The molecule has 2 aromatic rings. The molecule has 0 atom stereocenters. The molecule has 0 aromatic heterocycles. The fraction of sp³-hybridized carbons (Fsp3) is 0.188. The monoisotopic (exact) mass is 318 g/mol. The maximum absolute atomic E-state index is 11.9. The summed E-state index contributed by atoms with van der Waals surface area (Å²) in [6.07, 6.45) is 1.38. The first-order valence-corrected chi connectivity index (χ1v) is 8.28. The van der Waals surface area contributed by atoms with Crippen LogP contribution in [0, 0.1) is 6.92 Å². The third-order valence-electron chi connectivity index (χ3n) is 2.90. The molecule has 0 saturated heterocycles. The van der Waals surface area contributed by atoms with E-state index in [0.29, 0.717) is 6.61 Å². The van der Waals surface area contributed by atoms with Crippen molar-refractivity contribution in [3.05, 3.63) is 65.7 Å². The van der Waals surface area contributed by atoms with E-state index in [-0.39, 0.29) is 11.5 Å². The summed E-state index contributed by atoms with van der Waals surface area (Å²) in [4.78, 5) is 2.34. The molecule has 2 rings (SSSR count). The Bertz CT molecular complexity index is 711. The largest absolute Gasteiger partial charge is 0.371 e. The van der Waals surface area contributed by atoms with Crippen LogP contribution in [0.3, 0.4) is 0 Å². The minimum Gasteiger partial charge on any atom is -0.371 e. The van der Waals surface area contributed by atoms with E-state index in [0.717, 1.165) is 11.1 Å². The van der Waals surface area contributed by atoms with Gasteiger partial charge in [0, 0.05) is 0 Å². The number of nitrogens with one attached hydrogen (secondary N) is 1. The van der Waals surface area contributed by atoms with Crippen LogP contribution in [0.25, 0.3) is 0 Å². The molecule has 0 heterocycles. The highest BCUT2D eigenvalue weighted by molar-refractivity contribution is 7.89. The normalized spacial score (nSPS) is 11.7. The number of hydrazone groups is 1. The van der Waals surface area contributed by atoms with Gasteiger partial charge in [-0.15, -0.1) is 0 Å². The second-order valence-electron chi connectivity index (χ2n) is 4.72. The summed E-state index contributed by atoms with van der Waals surface area (Å²) in [5, 5.41) is 3.69. The number of nitrogens with zero attached hydrogens (tertiary/aromatic N) is 1. The van der Waals surface area contributed by atoms with E-state index in [1.54, 1.807) is 24.3 Å². The van der Waals surface area contributed by atoms with Crippen molar-refractivity contribution in [1.82, 2.24) is 4.83 Å². The molecular formula is C16H18N2O3S. The molecule has 22 heavy (non-hydrogen) atoms. The van der Waals surface area contributed by atoms with E-state index in [2.05, 4.69) is 9.93 Å². The number of ether oxygens (including phenoxy) is 1. The van der Waals surface area contributed by atoms with Gasteiger partial charge >= 0.3 is 0 Å². The highest BCUT2D eigenvalue weighted by Gasteiger charge is 2.11. The van der Waals surface area contributed by atoms with E-state index in [1.165, 1.54) is 6.21 Å². The third-order valence-corrected chi connectivity index (χ3v) is 4.14. The van der Waals surface area contributed by atoms with Gasteiger partial charge in [-0.1, -0.05) is 48.0 Å². The lowest BCUT2D eigenvalue weighted by molar-refractivity contribution is 0.160. The summed E-state index contributed by atoms with van der Waals surface area (Å²) >= 11 is 0. The highest BCUT2D eigenvalue weighted by atomic mass is 32.2. The Morgan fingerprint density at radius 3 is 2.45 bits per heavy atom. The molecule has 0 aliphatic rings. The summed E-state index contributed by atoms with van der Waals surface area (Å²) in [6, 6.07) is 16.3. The Hall–Kier alpha value is -2.18. The maximum atomic E-state index is 11.9. The fourth-order valence-corrected chi connectivity index (χ4v) is 2.53. The zero-order chi connectivity index (χ0) is 15.8. The van der Waals surface area contributed by atoms with Crippen molar-refractivity contribution in [2.45, 2.75) is 18.4 Å². The minimum atomic E-state index is -3.62. The van der Waals surface area contributed by atoms with Crippen LogP contribution in [-0.2, 0) is 21.4 Å². The van der Waals surface area contributed by atoms with Crippen molar-refractivity contribution in [3.8, 4) is 0 Å². The Balaban J connectivity index is 1.78. The molecule has 1 N–H and O–H groups in total. The third kappa shape index (κ3) is 4.98. The molecule has 0 spiro atoms. The molecule has 0 fully saturated rings. The van der Waals surface area contributed by atoms with E-state index >= 15 is 0 Å². The number of sulfonamides is 1. The standard InChI is InChI=1S/C16H18N2O3S/c1-14-7-9-16(10-8-14)22(19,20)18-17-11-12-21-13-15-5-3-2-4-6-15/h2-11,18H,12-13H2,1H3. The van der Waals surface area contributed by atoms with Crippen LogP contribution in [0.2, 0.25) is 0 Å². The highest BCUT2D eigenvalue weighted by Crippen LogP contribution is 2.09. The topological polar surface area (TPSA) is 67.8 Å². The van der Waals surface area contributed by atoms with Gasteiger partial charge in [-0.2, -0.15) is 13.5 Å². The first kappa shape index (κ1) is 16.2. The average molecular weight is 318 g/mol. The van der Waals surface area contributed by atoms with E-state index < -0.39 is 10.0 Å². The predicted molar refractivity (Wildman–Crippen MR) is 86.1 cm³/mol. The number of rotatable bonds is 7.